The van der Waals surface area contributed by atoms with E-state index in [0.29, 0.717) is 24.3 Å². The van der Waals surface area contributed by atoms with E-state index in [1.807, 2.05) is 31.2 Å². The van der Waals surface area contributed by atoms with E-state index in [1.54, 1.807) is 6.07 Å². The highest BCUT2D eigenvalue weighted by molar-refractivity contribution is 5.93. The Balaban J connectivity index is 2.20. The van der Waals surface area contributed by atoms with Crippen LogP contribution in [0, 0.1) is 10.1 Å². The van der Waals surface area contributed by atoms with Gasteiger partial charge >= 0.3 is 0 Å². The van der Waals surface area contributed by atoms with E-state index in [9.17, 15) is 20.0 Å². The molecule has 0 aliphatic rings. The fourth-order valence-electron chi connectivity index (χ4n) is 3.46. The minimum atomic E-state index is -0.803. The number of amides is 1. The van der Waals surface area contributed by atoms with Crippen LogP contribution >= 0.6 is 0 Å². The van der Waals surface area contributed by atoms with Crippen LogP contribution in [0.4, 0.5) is 5.69 Å². The summed E-state index contributed by atoms with van der Waals surface area (Å²) < 4.78 is 0. The summed E-state index contributed by atoms with van der Waals surface area (Å²) >= 11 is 0. The van der Waals surface area contributed by atoms with Gasteiger partial charge in [-0.3, -0.25) is 19.9 Å². The standard InChI is InChI=1S/C23H25N3O4/c1-4-6-20(27)25-21(16-10-8-15(9-11-16)14(2)3)18-13-19(26(29)30)17-7-5-12-24-22(17)23(18)28/h5,7-14,21,28H,4,6H2,1-3H3,(H,25,27)/p-1/t21-/m0/s1. The Hall–Kier alpha value is -3.48. The summed E-state index contributed by atoms with van der Waals surface area (Å²) in [6.45, 7) is 6.03. The van der Waals surface area contributed by atoms with E-state index in [4.69, 9.17) is 0 Å². The zero-order valence-electron chi connectivity index (χ0n) is 17.2. The minimum Gasteiger partial charge on any atom is -0.871 e. The molecule has 2 aromatic carbocycles. The predicted octanol–water partition coefficient (Wildman–Crippen LogP) is 4.35. The average Bonchev–Trinajstić information content (AvgIpc) is 2.73. The number of non-ortho nitro benzene ring substituents is 1. The molecule has 0 fully saturated rings. The van der Waals surface area contributed by atoms with Crippen LogP contribution < -0.4 is 10.4 Å². The van der Waals surface area contributed by atoms with E-state index >= 15 is 0 Å². The van der Waals surface area contributed by atoms with E-state index in [0.717, 1.165) is 5.56 Å². The quantitative estimate of drug-likeness (QED) is 0.464. The number of hydrogen-bond donors (Lipinski definition) is 1. The number of nitro groups is 1. The van der Waals surface area contributed by atoms with Gasteiger partial charge in [0.2, 0.25) is 5.91 Å². The topological polar surface area (TPSA) is 108 Å². The molecule has 0 spiro atoms. The van der Waals surface area contributed by atoms with Crippen LogP contribution in [0.3, 0.4) is 0 Å². The van der Waals surface area contributed by atoms with Gasteiger partial charge in [0.25, 0.3) is 5.69 Å². The first-order valence-electron chi connectivity index (χ1n) is 9.95. The Morgan fingerprint density at radius 1 is 1.17 bits per heavy atom. The Morgan fingerprint density at radius 2 is 1.83 bits per heavy atom. The number of hydrogen-bond acceptors (Lipinski definition) is 5. The van der Waals surface area contributed by atoms with Crippen LogP contribution in [-0.2, 0) is 4.79 Å². The molecule has 0 radical (unpaired) electrons. The molecule has 0 saturated heterocycles. The SMILES string of the molecule is CCCC(=O)N[C@@H](c1ccc(C(C)C)cc1)c1cc([N+](=O)[O-])c2cccnc2c1[O-]. The molecule has 1 N–H and O–H groups in total. The van der Waals surface area contributed by atoms with Crippen LogP contribution in [0.5, 0.6) is 5.75 Å². The van der Waals surface area contributed by atoms with Crippen LogP contribution in [0.2, 0.25) is 0 Å². The molecule has 0 bridgehead atoms. The van der Waals surface area contributed by atoms with Crippen molar-refractivity contribution in [3.63, 3.8) is 0 Å². The second-order valence-corrected chi connectivity index (χ2v) is 7.54. The summed E-state index contributed by atoms with van der Waals surface area (Å²) in [4.78, 5) is 27.6. The zero-order valence-corrected chi connectivity index (χ0v) is 17.2. The lowest BCUT2D eigenvalue weighted by Gasteiger charge is -2.26. The summed E-state index contributed by atoms with van der Waals surface area (Å²) in [5, 5.41) is 27.9. The molecule has 1 heterocycles. The lowest BCUT2D eigenvalue weighted by Crippen LogP contribution is -2.29. The van der Waals surface area contributed by atoms with Gasteiger partial charge in [0.15, 0.2) is 0 Å². The van der Waals surface area contributed by atoms with Crippen molar-refractivity contribution in [3.05, 3.63) is 75.5 Å². The van der Waals surface area contributed by atoms with Crippen molar-refractivity contribution in [2.45, 2.75) is 45.6 Å². The molecule has 7 nitrogen and oxygen atoms in total. The highest BCUT2D eigenvalue weighted by atomic mass is 16.6. The maximum absolute atomic E-state index is 13.2. The molecule has 3 rings (SSSR count). The first kappa shape index (κ1) is 21.2. The molecule has 30 heavy (non-hydrogen) atoms. The fraction of sp³-hybridized carbons (Fsp3) is 0.304. The Kier molecular flexibility index (Phi) is 6.30. The number of aromatic nitrogens is 1. The first-order valence-corrected chi connectivity index (χ1v) is 9.95. The van der Waals surface area contributed by atoms with E-state index in [2.05, 4.69) is 24.1 Å². The van der Waals surface area contributed by atoms with Gasteiger partial charge in [0.1, 0.15) is 0 Å². The smallest absolute Gasteiger partial charge is 0.279 e. The number of nitrogens with one attached hydrogen (secondary N) is 1. The summed E-state index contributed by atoms with van der Waals surface area (Å²) in [5.41, 5.74) is 1.75. The molecule has 1 amide bonds. The van der Waals surface area contributed by atoms with Crippen LogP contribution in [-0.4, -0.2) is 15.8 Å². The number of nitro benzene ring substituents is 1. The van der Waals surface area contributed by atoms with Gasteiger partial charge < -0.3 is 10.4 Å². The Morgan fingerprint density at radius 3 is 2.43 bits per heavy atom. The number of carbonyl (C=O) groups is 1. The molecule has 3 aromatic rings. The number of carbonyl (C=O) groups excluding carboxylic acids is 1. The summed E-state index contributed by atoms with van der Waals surface area (Å²) in [6, 6.07) is 11.1. The monoisotopic (exact) mass is 406 g/mol. The third kappa shape index (κ3) is 4.25. The van der Waals surface area contributed by atoms with Gasteiger partial charge in [0.05, 0.1) is 21.9 Å². The number of pyridine rings is 1. The summed E-state index contributed by atoms with van der Waals surface area (Å²) in [5.74, 6) is -0.322. The second-order valence-electron chi connectivity index (χ2n) is 7.54. The third-order valence-electron chi connectivity index (χ3n) is 5.08. The van der Waals surface area contributed by atoms with Gasteiger partial charge in [-0.2, -0.15) is 0 Å². The Labute approximate surface area is 174 Å². The largest absolute Gasteiger partial charge is 0.871 e. The molecule has 1 aromatic heterocycles. The molecule has 156 valence electrons. The highest BCUT2D eigenvalue weighted by Crippen LogP contribution is 2.38. The number of rotatable bonds is 7. The van der Waals surface area contributed by atoms with Crippen molar-refractivity contribution in [3.8, 4) is 5.75 Å². The lowest BCUT2D eigenvalue weighted by molar-refractivity contribution is -0.383. The first-order chi connectivity index (χ1) is 14.3. The molecule has 7 heteroatoms. The Bertz CT molecular complexity index is 1080. The molecular weight excluding hydrogens is 382 g/mol. The number of fused-ring (bicyclic) bond motifs is 1. The molecule has 1 atom stereocenters. The van der Waals surface area contributed by atoms with Crippen molar-refractivity contribution >= 4 is 22.5 Å². The molecule has 0 unspecified atom stereocenters. The van der Waals surface area contributed by atoms with Crippen LogP contribution in [0.15, 0.2) is 48.7 Å². The van der Waals surface area contributed by atoms with Gasteiger partial charge in [-0.15, -0.1) is 0 Å². The highest BCUT2D eigenvalue weighted by Gasteiger charge is 2.23. The molecule has 0 saturated carbocycles. The lowest BCUT2D eigenvalue weighted by atomic mass is 9.93. The van der Waals surface area contributed by atoms with E-state index in [1.165, 1.54) is 18.3 Å². The van der Waals surface area contributed by atoms with Gasteiger partial charge in [0, 0.05) is 18.7 Å². The minimum absolute atomic E-state index is 0.0234. The van der Waals surface area contributed by atoms with E-state index in [-0.39, 0.29) is 28.1 Å². The fourth-order valence-corrected chi connectivity index (χ4v) is 3.46. The van der Waals surface area contributed by atoms with Crippen molar-refractivity contribution in [2.24, 2.45) is 0 Å². The molecule has 0 aliphatic heterocycles. The van der Waals surface area contributed by atoms with Crippen molar-refractivity contribution in [1.29, 1.82) is 0 Å². The number of nitrogens with zero attached hydrogens (tertiary/aromatic N) is 2. The van der Waals surface area contributed by atoms with E-state index < -0.39 is 16.7 Å². The average molecular weight is 406 g/mol. The summed E-state index contributed by atoms with van der Waals surface area (Å²) in [7, 11) is 0. The van der Waals surface area contributed by atoms with Gasteiger partial charge in [-0.05, 0) is 41.2 Å². The molecule has 0 aliphatic carbocycles. The predicted molar refractivity (Wildman–Crippen MR) is 113 cm³/mol. The normalized spacial score (nSPS) is 12.1. The third-order valence-corrected chi connectivity index (χ3v) is 5.08. The van der Waals surface area contributed by atoms with Crippen molar-refractivity contribution in [2.75, 3.05) is 0 Å². The molecular formula is C23H24N3O4-. The van der Waals surface area contributed by atoms with Gasteiger partial charge in [-0.25, -0.2) is 0 Å². The van der Waals surface area contributed by atoms with Crippen molar-refractivity contribution < 1.29 is 14.8 Å². The van der Waals surface area contributed by atoms with Gasteiger partial charge in [-0.1, -0.05) is 50.8 Å². The zero-order chi connectivity index (χ0) is 21.8. The number of benzene rings is 2. The van der Waals surface area contributed by atoms with Crippen molar-refractivity contribution in [1.82, 2.24) is 10.3 Å². The van der Waals surface area contributed by atoms with Crippen LogP contribution in [0.25, 0.3) is 10.9 Å². The summed E-state index contributed by atoms with van der Waals surface area (Å²) in [6.07, 6.45) is 2.37. The van der Waals surface area contributed by atoms with Crippen LogP contribution in [0.1, 0.15) is 62.3 Å². The maximum Gasteiger partial charge on any atom is 0.279 e. The second kappa shape index (κ2) is 8.90. The maximum atomic E-state index is 13.2.